The van der Waals surface area contributed by atoms with E-state index >= 15 is 0 Å². The highest BCUT2D eigenvalue weighted by atomic mass is 35.5. The third-order valence-corrected chi connectivity index (χ3v) is 5.69. The first-order valence-electron chi connectivity index (χ1n) is 9.51. The maximum Gasteiger partial charge on any atom is 0.300 e. The number of Topliss-reactive ketones (excluding diaryl/α,β-unsaturated/α-hetero) is 1. The van der Waals surface area contributed by atoms with Gasteiger partial charge in [0.25, 0.3) is 11.7 Å². The second-order valence-corrected chi connectivity index (χ2v) is 7.61. The zero-order chi connectivity index (χ0) is 21.7. The highest BCUT2D eigenvalue weighted by Crippen LogP contribution is 2.43. The molecule has 0 saturated carbocycles. The topological polar surface area (TPSA) is 80.0 Å². The Hall–Kier alpha value is -3.58. The van der Waals surface area contributed by atoms with Gasteiger partial charge in [-0.25, -0.2) is 4.39 Å². The Morgan fingerprint density at radius 3 is 2.74 bits per heavy atom. The molecule has 2 aromatic carbocycles. The SMILES string of the molecule is O=C1C(=O)N(c2ccc(F)c(Cl)c2)C(c2ccco2)/C1=C(/O)c1ccc2c(c1)CCO2. The van der Waals surface area contributed by atoms with Gasteiger partial charge in [0.1, 0.15) is 29.1 Å². The fourth-order valence-electron chi connectivity index (χ4n) is 3.94. The van der Waals surface area contributed by atoms with Gasteiger partial charge >= 0.3 is 0 Å². The average molecular weight is 440 g/mol. The summed E-state index contributed by atoms with van der Waals surface area (Å²) in [7, 11) is 0. The smallest absolute Gasteiger partial charge is 0.300 e. The number of anilines is 1. The van der Waals surface area contributed by atoms with Crippen molar-refractivity contribution in [1.82, 2.24) is 0 Å². The van der Waals surface area contributed by atoms with Crippen molar-refractivity contribution >= 4 is 34.7 Å². The van der Waals surface area contributed by atoms with E-state index in [9.17, 15) is 19.1 Å². The van der Waals surface area contributed by atoms with E-state index in [0.29, 0.717) is 18.6 Å². The Morgan fingerprint density at radius 1 is 1.16 bits per heavy atom. The lowest BCUT2D eigenvalue weighted by atomic mass is 9.98. The van der Waals surface area contributed by atoms with Crippen LogP contribution in [0.15, 0.2) is 64.8 Å². The van der Waals surface area contributed by atoms with E-state index in [0.717, 1.165) is 22.3 Å². The molecular formula is C23H15ClFNO5. The number of amides is 1. The number of aliphatic hydroxyl groups excluding tert-OH is 1. The first-order chi connectivity index (χ1) is 15.0. The molecule has 3 heterocycles. The number of hydrogen-bond donors (Lipinski definition) is 1. The molecule has 31 heavy (non-hydrogen) atoms. The van der Waals surface area contributed by atoms with Gasteiger partial charge in [-0.05, 0) is 54.1 Å². The number of benzene rings is 2. The summed E-state index contributed by atoms with van der Waals surface area (Å²) in [5.41, 5.74) is 1.37. The molecule has 8 heteroatoms. The standard InChI is InChI=1S/C23H15ClFNO5/c24-15-11-14(4-5-16(15)25)26-20(18-2-1-8-30-18)19(22(28)23(26)29)21(27)13-3-6-17-12(10-13)7-9-31-17/h1-6,8,10-11,20,27H,7,9H2/b21-19-. The summed E-state index contributed by atoms with van der Waals surface area (Å²) in [6, 6.07) is 10.9. The zero-order valence-electron chi connectivity index (χ0n) is 16.0. The van der Waals surface area contributed by atoms with Crippen molar-refractivity contribution in [2.75, 3.05) is 11.5 Å². The predicted molar refractivity (Wildman–Crippen MR) is 111 cm³/mol. The van der Waals surface area contributed by atoms with Crippen molar-refractivity contribution in [2.24, 2.45) is 0 Å². The maximum atomic E-state index is 13.7. The van der Waals surface area contributed by atoms with E-state index in [4.69, 9.17) is 20.8 Å². The normalized spacial score (nSPS) is 19.5. The van der Waals surface area contributed by atoms with Crippen LogP contribution in [0.2, 0.25) is 5.02 Å². The number of halogens is 2. The van der Waals surface area contributed by atoms with Crippen molar-refractivity contribution < 1.29 is 28.2 Å². The number of carbonyl (C=O) groups is 2. The third kappa shape index (κ3) is 3.09. The first-order valence-corrected chi connectivity index (χ1v) is 9.89. The van der Waals surface area contributed by atoms with E-state index in [1.54, 1.807) is 30.3 Å². The van der Waals surface area contributed by atoms with Crippen molar-refractivity contribution in [3.05, 3.63) is 88.1 Å². The summed E-state index contributed by atoms with van der Waals surface area (Å²) in [6.45, 7) is 0.543. The minimum atomic E-state index is -1.04. The summed E-state index contributed by atoms with van der Waals surface area (Å²) in [5.74, 6) is -1.75. The predicted octanol–water partition coefficient (Wildman–Crippen LogP) is 4.63. The number of carbonyl (C=O) groups excluding carboxylic acids is 2. The molecular weight excluding hydrogens is 425 g/mol. The molecule has 0 spiro atoms. The summed E-state index contributed by atoms with van der Waals surface area (Å²) < 4.78 is 24.7. The van der Waals surface area contributed by atoms with Gasteiger partial charge in [0.15, 0.2) is 0 Å². The second-order valence-electron chi connectivity index (χ2n) is 7.20. The van der Waals surface area contributed by atoms with Crippen LogP contribution in [0.25, 0.3) is 5.76 Å². The van der Waals surface area contributed by atoms with Crippen molar-refractivity contribution in [3.8, 4) is 5.75 Å². The molecule has 2 aliphatic heterocycles. The van der Waals surface area contributed by atoms with Crippen LogP contribution in [0.3, 0.4) is 0 Å². The zero-order valence-corrected chi connectivity index (χ0v) is 16.7. The van der Waals surface area contributed by atoms with Crippen LogP contribution >= 0.6 is 11.6 Å². The minimum Gasteiger partial charge on any atom is -0.507 e. The van der Waals surface area contributed by atoms with E-state index in [1.807, 2.05) is 0 Å². The molecule has 1 N–H and O–H groups in total. The first kappa shape index (κ1) is 19.4. The minimum absolute atomic E-state index is 0.126. The maximum absolute atomic E-state index is 13.7. The fraction of sp³-hybridized carbons (Fsp3) is 0.130. The fourth-order valence-corrected chi connectivity index (χ4v) is 4.11. The number of fused-ring (bicyclic) bond motifs is 1. The highest BCUT2D eigenvalue weighted by Gasteiger charge is 2.48. The third-order valence-electron chi connectivity index (χ3n) is 5.40. The number of rotatable bonds is 3. The molecule has 0 bridgehead atoms. The lowest BCUT2D eigenvalue weighted by molar-refractivity contribution is -0.132. The van der Waals surface area contributed by atoms with Gasteiger partial charge in [-0.3, -0.25) is 14.5 Å². The molecule has 2 aliphatic rings. The molecule has 156 valence electrons. The Balaban J connectivity index is 1.69. The Kier molecular flexibility index (Phi) is 4.55. The quantitative estimate of drug-likeness (QED) is 0.365. The lowest BCUT2D eigenvalue weighted by Crippen LogP contribution is -2.29. The number of ether oxygens (including phenoxy) is 1. The van der Waals surface area contributed by atoms with Crippen molar-refractivity contribution in [2.45, 2.75) is 12.5 Å². The molecule has 5 rings (SSSR count). The van der Waals surface area contributed by atoms with E-state index in [-0.39, 0.29) is 27.8 Å². The Labute approximate surface area is 181 Å². The molecule has 1 saturated heterocycles. The Morgan fingerprint density at radius 2 is 2.00 bits per heavy atom. The van der Waals surface area contributed by atoms with Crippen LogP contribution < -0.4 is 9.64 Å². The van der Waals surface area contributed by atoms with E-state index in [2.05, 4.69) is 0 Å². The van der Waals surface area contributed by atoms with Crippen LogP contribution in [0.5, 0.6) is 5.75 Å². The number of hydrogen-bond acceptors (Lipinski definition) is 5. The van der Waals surface area contributed by atoms with Crippen molar-refractivity contribution in [1.29, 1.82) is 0 Å². The molecule has 1 aromatic heterocycles. The van der Waals surface area contributed by atoms with Gasteiger partial charge in [-0.15, -0.1) is 0 Å². The van der Waals surface area contributed by atoms with E-state index < -0.39 is 23.5 Å². The molecule has 1 amide bonds. The average Bonchev–Trinajstić information content (AvgIpc) is 3.50. The molecule has 0 radical (unpaired) electrons. The van der Waals surface area contributed by atoms with Crippen LogP contribution in [-0.2, 0) is 16.0 Å². The summed E-state index contributed by atoms with van der Waals surface area (Å²) in [4.78, 5) is 27.1. The van der Waals surface area contributed by atoms with Gasteiger partial charge in [0.05, 0.1) is 23.5 Å². The molecule has 6 nitrogen and oxygen atoms in total. The van der Waals surface area contributed by atoms with E-state index in [1.165, 1.54) is 18.4 Å². The summed E-state index contributed by atoms with van der Waals surface area (Å²) >= 11 is 5.90. The summed E-state index contributed by atoms with van der Waals surface area (Å²) in [5, 5.41) is 10.9. The van der Waals surface area contributed by atoms with Gasteiger partial charge in [0.2, 0.25) is 0 Å². The molecule has 3 aromatic rings. The van der Waals surface area contributed by atoms with Crippen LogP contribution in [-0.4, -0.2) is 23.4 Å². The van der Waals surface area contributed by atoms with Crippen molar-refractivity contribution in [3.63, 3.8) is 0 Å². The molecule has 1 unspecified atom stereocenters. The van der Waals surface area contributed by atoms with Crippen LogP contribution in [0, 0.1) is 5.82 Å². The summed E-state index contributed by atoms with van der Waals surface area (Å²) in [6.07, 6.45) is 2.08. The van der Waals surface area contributed by atoms with Crippen LogP contribution in [0.4, 0.5) is 10.1 Å². The lowest BCUT2D eigenvalue weighted by Gasteiger charge is -2.23. The number of nitrogens with zero attached hydrogens (tertiary/aromatic N) is 1. The van der Waals surface area contributed by atoms with Gasteiger partial charge < -0.3 is 14.3 Å². The molecule has 0 aliphatic carbocycles. The number of furan rings is 1. The number of aliphatic hydroxyl groups is 1. The second kappa shape index (κ2) is 7.28. The molecule has 1 atom stereocenters. The van der Waals surface area contributed by atoms with Gasteiger partial charge in [0, 0.05) is 17.7 Å². The Bertz CT molecular complexity index is 1250. The van der Waals surface area contributed by atoms with Gasteiger partial charge in [-0.1, -0.05) is 11.6 Å². The van der Waals surface area contributed by atoms with Crippen LogP contribution in [0.1, 0.15) is 22.9 Å². The highest BCUT2D eigenvalue weighted by molar-refractivity contribution is 6.51. The number of ketones is 1. The van der Waals surface area contributed by atoms with Gasteiger partial charge in [-0.2, -0.15) is 0 Å². The molecule has 1 fully saturated rings. The monoisotopic (exact) mass is 439 g/mol. The largest absolute Gasteiger partial charge is 0.507 e.